The quantitative estimate of drug-likeness (QED) is 0.540. The molecule has 2 saturated heterocycles. The third-order valence-electron chi connectivity index (χ3n) is 5.99. The molecule has 33 heavy (non-hydrogen) atoms. The predicted octanol–water partition coefficient (Wildman–Crippen LogP) is 4.20. The van der Waals surface area contributed by atoms with Gasteiger partial charge in [-0.1, -0.05) is 31.2 Å². The van der Waals surface area contributed by atoms with Crippen LogP contribution in [0.15, 0.2) is 47.9 Å². The number of imide groups is 1. The first-order valence-corrected chi connectivity index (χ1v) is 12.8. The van der Waals surface area contributed by atoms with Crippen molar-refractivity contribution in [2.24, 2.45) is 11.8 Å². The molecule has 9 heteroatoms. The molecule has 5 atom stereocenters. The molecule has 2 heterocycles. The summed E-state index contributed by atoms with van der Waals surface area (Å²) in [5.41, 5.74) is -0.728. The Balaban J connectivity index is 1.68. The van der Waals surface area contributed by atoms with Gasteiger partial charge in [0.15, 0.2) is 9.84 Å². The van der Waals surface area contributed by atoms with Gasteiger partial charge in [-0.25, -0.2) is 22.9 Å². The number of carbonyl (C=O) groups is 2. The second kappa shape index (κ2) is 9.85. The average molecular weight is 480 g/mol. The van der Waals surface area contributed by atoms with E-state index in [0.717, 1.165) is 4.90 Å². The van der Waals surface area contributed by atoms with Crippen molar-refractivity contribution < 1.29 is 32.2 Å². The lowest BCUT2D eigenvalue weighted by Crippen LogP contribution is -2.38. The molecule has 0 saturated carbocycles. The minimum absolute atomic E-state index is 0.0400. The van der Waals surface area contributed by atoms with Crippen LogP contribution in [-0.2, 0) is 24.0 Å². The Morgan fingerprint density at radius 3 is 2.52 bits per heavy atom. The Bertz CT molecular complexity index is 970. The minimum Gasteiger partial charge on any atom is -0.444 e. The Kier molecular flexibility index (Phi) is 7.53. The lowest BCUT2D eigenvalue weighted by molar-refractivity contribution is 0.00625. The van der Waals surface area contributed by atoms with E-state index in [9.17, 15) is 18.0 Å². The van der Waals surface area contributed by atoms with E-state index in [4.69, 9.17) is 14.2 Å². The maximum absolute atomic E-state index is 13.0. The van der Waals surface area contributed by atoms with Gasteiger partial charge in [0.05, 0.1) is 29.4 Å². The summed E-state index contributed by atoms with van der Waals surface area (Å²) in [6.45, 7) is 11.0. The summed E-state index contributed by atoms with van der Waals surface area (Å²) in [5, 5.41) is 0. The number of hydrogen-bond acceptors (Lipinski definition) is 7. The fourth-order valence-electron chi connectivity index (χ4n) is 4.33. The average Bonchev–Trinajstić information content (AvgIpc) is 3.22. The van der Waals surface area contributed by atoms with Gasteiger partial charge in [0.1, 0.15) is 11.7 Å². The van der Waals surface area contributed by atoms with E-state index >= 15 is 0 Å². The van der Waals surface area contributed by atoms with Gasteiger partial charge in [0, 0.05) is 12.3 Å². The van der Waals surface area contributed by atoms with Crippen molar-refractivity contribution in [3.63, 3.8) is 0 Å². The minimum atomic E-state index is -3.49. The van der Waals surface area contributed by atoms with Crippen LogP contribution in [0, 0.1) is 11.8 Å². The Hall–Kier alpha value is -2.39. The van der Waals surface area contributed by atoms with Crippen molar-refractivity contribution in [1.82, 2.24) is 4.90 Å². The van der Waals surface area contributed by atoms with Gasteiger partial charge in [-0.3, -0.25) is 0 Å². The van der Waals surface area contributed by atoms with Crippen molar-refractivity contribution in [3.05, 3.63) is 43.0 Å². The first-order chi connectivity index (χ1) is 15.4. The van der Waals surface area contributed by atoms with Gasteiger partial charge in [0.2, 0.25) is 0 Å². The van der Waals surface area contributed by atoms with Crippen LogP contribution in [0.2, 0.25) is 0 Å². The van der Waals surface area contributed by atoms with Crippen LogP contribution in [-0.4, -0.2) is 61.7 Å². The molecule has 1 unspecified atom stereocenters. The van der Waals surface area contributed by atoms with Gasteiger partial charge in [-0.15, -0.1) is 6.58 Å². The highest BCUT2D eigenvalue weighted by atomic mass is 32.2. The van der Waals surface area contributed by atoms with E-state index in [1.54, 1.807) is 57.2 Å². The molecule has 1 aromatic carbocycles. The lowest BCUT2D eigenvalue weighted by Gasteiger charge is -2.22. The van der Waals surface area contributed by atoms with Crippen molar-refractivity contribution in [1.29, 1.82) is 0 Å². The normalized spacial score (nSPS) is 27.9. The third kappa shape index (κ3) is 6.14. The van der Waals surface area contributed by atoms with Crippen LogP contribution in [0.1, 0.15) is 40.5 Å². The highest BCUT2D eigenvalue weighted by Crippen LogP contribution is 2.39. The Labute approximate surface area is 195 Å². The van der Waals surface area contributed by atoms with Crippen LogP contribution < -0.4 is 0 Å². The maximum Gasteiger partial charge on any atom is 0.419 e. The number of cyclic esters (lactones) is 1. The number of hydrogen-bond donors (Lipinski definition) is 0. The molecule has 3 rings (SSSR count). The predicted molar refractivity (Wildman–Crippen MR) is 122 cm³/mol. The number of ether oxygens (including phenoxy) is 3. The molecule has 2 aliphatic heterocycles. The summed E-state index contributed by atoms with van der Waals surface area (Å²) in [6.07, 6.45) is -0.0560. The molecule has 1 aromatic rings. The second-order valence-electron chi connectivity index (χ2n) is 9.69. The summed E-state index contributed by atoms with van der Waals surface area (Å²) in [5.74, 6) is -0.373. The van der Waals surface area contributed by atoms with Crippen LogP contribution in [0.25, 0.3) is 0 Å². The van der Waals surface area contributed by atoms with Crippen LogP contribution in [0.3, 0.4) is 0 Å². The van der Waals surface area contributed by atoms with Gasteiger partial charge >= 0.3 is 12.2 Å². The molecule has 2 amide bonds. The smallest absolute Gasteiger partial charge is 0.419 e. The summed E-state index contributed by atoms with van der Waals surface area (Å²) in [4.78, 5) is 25.7. The topological polar surface area (TPSA) is 99.2 Å². The highest BCUT2D eigenvalue weighted by molar-refractivity contribution is 7.91. The molecule has 0 aromatic heterocycles. The van der Waals surface area contributed by atoms with Crippen LogP contribution in [0.4, 0.5) is 9.59 Å². The zero-order chi connectivity index (χ0) is 24.4. The first-order valence-electron chi connectivity index (χ1n) is 11.2. The zero-order valence-corrected chi connectivity index (χ0v) is 20.4. The number of benzene rings is 1. The van der Waals surface area contributed by atoms with Gasteiger partial charge in [-0.2, -0.15) is 0 Å². The molecule has 0 bridgehead atoms. The maximum atomic E-state index is 13.0. The number of amides is 2. The standard InChI is InChI=1S/C24H33NO7S/c1-6-10-20-19(15-33(28,29)18-11-8-7-9-12-18)16(2)21(31-20)13-17-14-25(22(26)30-17)23(27)32-24(3,4)5/h6-9,11-12,16-17,19-21H,1,10,13-15H2,2-5H3/t16-,17+,19-,20+,21?/m1/s1. The first kappa shape index (κ1) is 25.2. The van der Waals surface area contributed by atoms with E-state index in [-0.39, 0.29) is 41.2 Å². The van der Waals surface area contributed by atoms with Crippen molar-refractivity contribution in [3.8, 4) is 0 Å². The second-order valence-corrected chi connectivity index (χ2v) is 11.7. The SMILES string of the molecule is C=CC[C@@H]1OC(C[C@H]2CN(C(=O)OC(C)(C)C)C(=O)O2)[C@H](C)[C@H]1CS(=O)(=O)c1ccccc1. The molecule has 0 spiro atoms. The fraction of sp³-hybridized carbons (Fsp3) is 0.583. The van der Waals surface area contributed by atoms with E-state index in [1.807, 2.05) is 6.92 Å². The van der Waals surface area contributed by atoms with Crippen molar-refractivity contribution in [2.75, 3.05) is 12.3 Å². The van der Waals surface area contributed by atoms with Gasteiger partial charge < -0.3 is 14.2 Å². The number of sulfone groups is 1. The van der Waals surface area contributed by atoms with Crippen LogP contribution >= 0.6 is 0 Å². The molecule has 182 valence electrons. The monoisotopic (exact) mass is 479 g/mol. The number of nitrogens with zero attached hydrogens (tertiary/aromatic N) is 1. The zero-order valence-electron chi connectivity index (χ0n) is 19.6. The fourth-order valence-corrected chi connectivity index (χ4v) is 6.12. The molecular formula is C24H33NO7S. The van der Waals surface area contributed by atoms with Gasteiger partial charge in [0.25, 0.3) is 0 Å². The number of rotatable bonds is 7. The summed E-state index contributed by atoms with van der Waals surface area (Å²) in [6, 6.07) is 8.38. The van der Waals surface area contributed by atoms with E-state index in [2.05, 4.69) is 6.58 Å². The Morgan fingerprint density at radius 2 is 1.91 bits per heavy atom. The molecule has 2 fully saturated rings. The molecule has 8 nitrogen and oxygen atoms in total. The van der Waals surface area contributed by atoms with E-state index in [0.29, 0.717) is 12.8 Å². The molecule has 0 aliphatic carbocycles. The lowest BCUT2D eigenvalue weighted by atomic mass is 9.87. The van der Waals surface area contributed by atoms with E-state index in [1.165, 1.54) is 0 Å². The Morgan fingerprint density at radius 1 is 1.24 bits per heavy atom. The summed E-state index contributed by atoms with van der Waals surface area (Å²) in [7, 11) is -3.49. The summed E-state index contributed by atoms with van der Waals surface area (Å²) >= 11 is 0. The third-order valence-corrected chi connectivity index (χ3v) is 7.80. The molecule has 2 aliphatic rings. The van der Waals surface area contributed by atoms with Crippen molar-refractivity contribution >= 4 is 22.0 Å². The van der Waals surface area contributed by atoms with E-state index < -0.39 is 33.7 Å². The highest BCUT2D eigenvalue weighted by Gasteiger charge is 2.46. The van der Waals surface area contributed by atoms with Gasteiger partial charge in [-0.05, 0) is 45.2 Å². The number of carbonyl (C=O) groups excluding carboxylic acids is 2. The molecular weight excluding hydrogens is 446 g/mol. The summed E-state index contributed by atoms with van der Waals surface area (Å²) < 4.78 is 42.9. The molecule has 0 N–H and O–H groups in total. The van der Waals surface area contributed by atoms with Crippen LogP contribution in [0.5, 0.6) is 0 Å². The molecule has 0 radical (unpaired) electrons. The van der Waals surface area contributed by atoms with Crippen molar-refractivity contribution in [2.45, 2.75) is 69.3 Å². The largest absolute Gasteiger partial charge is 0.444 e.